The number of hydrazine groups is 1. The third-order valence-corrected chi connectivity index (χ3v) is 3.90. The summed E-state index contributed by atoms with van der Waals surface area (Å²) >= 11 is 0. The van der Waals surface area contributed by atoms with Crippen molar-refractivity contribution in [3.8, 4) is 0 Å². The van der Waals surface area contributed by atoms with Crippen molar-refractivity contribution in [2.75, 3.05) is 11.7 Å². The number of rotatable bonds is 5. The second-order valence-electron chi connectivity index (χ2n) is 4.37. The summed E-state index contributed by atoms with van der Waals surface area (Å²) in [5.41, 5.74) is 7.02. The van der Waals surface area contributed by atoms with Crippen LogP contribution < -0.4 is 10.9 Å². The minimum atomic E-state index is -3.38. The smallest absolute Gasteiger partial charge is 0.175 e. The van der Waals surface area contributed by atoms with Crippen LogP contribution in [0.25, 0.3) is 0 Å². The SMILES string of the molecule is CS(=O)(=O)c1ccc(F)cc1CNNc1ccccc1. The van der Waals surface area contributed by atoms with Gasteiger partial charge in [-0.25, -0.2) is 18.2 Å². The second-order valence-corrected chi connectivity index (χ2v) is 6.35. The molecule has 6 heteroatoms. The molecule has 0 aliphatic carbocycles. The van der Waals surface area contributed by atoms with Gasteiger partial charge in [0.2, 0.25) is 0 Å². The Hall–Kier alpha value is -1.92. The van der Waals surface area contributed by atoms with Gasteiger partial charge < -0.3 is 5.43 Å². The van der Waals surface area contributed by atoms with E-state index in [1.807, 2.05) is 30.3 Å². The zero-order chi connectivity index (χ0) is 14.6. The van der Waals surface area contributed by atoms with E-state index in [9.17, 15) is 12.8 Å². The summed E-state index contributed by atoms with van der Waals surface area (Å²) in [6.45, 7) is 0.190. The molecule has 0 aromatic heterocycles. The van der Waals surface area contributed by atoms with Gasteiger partial charge in [0.25, 0.3) is 0 Å². The molecule has 0 bridgehead atoms. The molecule has 2 N–H and O–H groups in total. The first-order valence-electron chi connectivity index (χ1n) is 5.99. The van der Waals surface area contributed by atoms with Gasteiger partial charge in [-0.15, -0.1) is 0 Å². The summed E-state index contributed by atoms with van der Waals surface area (Å²) in [4.78, 5) is 0.126. The topological polar surface area (TPSA) is 58.2 Å². The van der Waals surface area contributed by atoms with Gasteiger partial charge in [0.1, 0.15) is 5.82 Å². The highest BCUT2D eigenvalue weighted by atomic mass is 32.2. The minimum Gasteiger partial charge on any atom is -0.321 e. The molecule has 106 valence electrons. The van der Waals surface area contributed by atoms with Crippen LogP contribution in [0.4, 0.5) is 10.1 Å². The molecular weight excluding hydrogens is 279 g/mol. The Morgan fingerprint density at radius 2 is 1.80 bits per heavy atom. The number of nitrogens with one attached hydrogen (secondary N) is 2. The van der Waals surface area contributed by atoms with Crippen LogP contribution in [-0.2, 0) is 16.4 Å². The number of anilines is 1. The third kappa shape index (κ3) is 3.79. The molecule has 0 spiro atoms. The van der Waals surface area contributed by atoms with Crippen LogP contribution in [0.15, 0.2) is 53.4 Å². The number of para-hydroxylation sites is 1. The molecule has 0 saturated carbocycles. The van der Waals surface area contributed by atoms with Crippen molar-refractivity contribution in [3.05, 3.63) is 59.9 Å². The summed E-state index contributed by atoms with van der Waals surface area (Å²) in [6, 6.07) is 13.0. The van der Waals surface area contributed by atoms with E-state index in [1.165, 1.54) is 12.1 Å². The average molecular weight is 294 g/mol. The third-order valence-electron chi connectivity index (χ3n) is 2.71. The van der Waals surface area contributed by atoms with E-state index in [1.54, 1.807) is 0 Å². The van der Waals surface area contributed by atoms with Gasteiger partial charge in [0.15, 0.2) is 9.84 Å². The molecule has 0 unspecified atom stereocenters. The Bertz CT molecular complexity index is 688. The lowest BCUT2D eigenvalue weighted by Crippen LogP contribution is -2.22. The fourth-order valence-electron chi connectivity index (χ4n) is 1.81. The highest BCUT2D eigenvalue weighted by Gasteiger charge is 2.13. The van der Waals surface area contributed by atoms with Crippen LogP contribution in [-0.4, -0.2) is 14.7 Å². The maximum atomic E-state index is 13.2. The van der Waals surface area contributed by atoms with Gasteiger partial charge in [0.05, 0.1) is 4.90 Å². The van der Waals surface area contributed by atoms with E-state index >= 15 is 0 Å². The molecule has 2 rings (SSSR count). The second kappa shape index (κ2) is 6.02. The molecule has 20 heavy (non-hydrogen) atoms. The van der Waals surface area contributed by atoms with Crippen LogP contribution in [0.3, 0.4) is 0 Å². The average Bonchev–Trinajstić information content (AvgIpc) is 2.38. The number of hydrogen-bond acceptors (Lipinski definition) is 4. The summed E-state index contributed by atoms with van der Waals surface area (Å²) in [6.07, 6.45) is 1.11. The van der Waals surface area contributed by atoms with Gasteiger partial charge in [-0.2, -0.15) is 0 Å². The fraction of sp³-hybridized carbons (Fsp3) is 0.143. The maximum Gasteiger partial charge on any atom is 0.175 e. The molecule has 0 atom stereocenters. The number of halogens is 1. The molecule has 0 aliphatic rings. The highest BCUT2D eigenvalue weighted by Crippen LogP contribution is 2.17. The lowest BCUT2D eigenvalue weighted by molar-refractivity contribution is 0.596. The maximum absolute atomic E-state index is 13.2. The largest absolute Gasteiger partial charge is 0.321 e. The van der Waals surface area contributed by atoms with Crippen molar-refractivity contribution in [2.45, 2.75) is 11.4 Å². The van der Waals surface area contributed by atoms with Crippen LogP contribution in [0.5, 0.6) is 0 Å². The van der Waals surface area contributed by atoms with Crippen LogP contribution in [0, 0.1) is 5.82 Å². The zero-order valence-electron chi connectivity index (χ0n) is 10.9. The van der Waals surface area contributed by atoms with Gasteiger partial charge in [-0.1, -0.05) is 18.2 Å². The van der Waals surface area contributed by atoms with Crippen molar-refractivity contribution in [2.24, 2.45) is 0 Å². The highest BCUT2D eigenvalue weighted by molar-refractivity contribution is 7.90. The molecule has 0 heterocycles. The normalized spacial score (nSPS) is 11.3. The molecule has 0 aliphatic heterocycles. The number of sulfone groups is 1. The van der Waals surface area contributed by atoms with Crippen molar-refractivity contribution < 1.29 is 12.8 Å². The lowest BCUT2D eigenvalue weighted by atomic mass is 10.2. The first-order chi connectivity index (χ1) is 9.47. The minimum absolute atomic E-state index is 0.126. The van der Waals surface area contributed by atoms with Gasteiger partial charge in [-0.05, 0) is 35.9 Å². The van der Waals surface area contributed by atoms with Gasteiger partial charge in [-0.3, -0.25) is 0 Å². The van der Waals surface area contributed by atoms with Crippen LogP contribution in [0.2, 0.25) is 0 Å². The summed E-state index contributed by atoms with van der Waals surface area (Å²) < 4.78 is 36.5. The first kappa shape index (κ1) is 14.5. The monoisotopic (exact) mass is 294 g/mol. The standard InChI is InChI=1S/C14H15FN2O2S/c1-20(18,19)14-8-7-12(15)9-11(14)10-16-17-13-5-3-2-4-6-13/h2-9,16-17H,10H2,1H3. The number of benzene rings is 2. The predicted octanol–water partition coefficient (Wildman–Crippen LogP) is 2.35. The first-order valence-corrected chi connectivity index (χ1v) is 7.88. The van der Waals surface area contributed by atoms with Crippen molar-refractivity contribution in [1.29, 1.82) is 0 Å². The Balaban J connectivity index is 2.11. The quantitative estimate of drug-likeness (QED) is 0.656. The van der Waals surface area contributed by atoms with Crippen LogP contribution >= 0.6 is 0 Å². The Morgan fingerprint density at radius 1 is 1.10 bits per heavy atom. The van der Waals surface area contributed by atoms with Gasteiger partial charge >= 0.3 is 0 Å². The molecule has 0 fully saturated rings. The Labute approximate surface area is 117 Å². The van der Waals surface area contributed by atoms with Crippen molar-refractivity contribution in [1.82, 2.24) is 5.43 Å². The van der Waals surface area contributed by atoms with Gasteiger partial charge in [0, 0.05) is 18.5 Å². The molecule has 0 amide bonds. The van der Waals surface area contributed by atoms with Crippen molar-refractivity contribution in [3.63, 3.8) is 0 Å². The Morgan fingerprint density at radius 3 is 2.45 bits per heavy atom. The Kier molecular flexibility index (Phi) is 4.36. The molecule has 4 nitrogen and oxygen atoms in total. The van der Waals surface area contributed by atoms with E-state index < -0.39 is 15.7 Å². The lowest BCUT2D eigenvalue weighted by Gasteiger charge is -2.11. The van der Waals surface area contributed by atoms with E-state index in [0.717, 1.165) is 18.0 Å². The van der Waals surface area contributed by atoms with E-state index in [4.69, 9.17) is 0 Å². The predicted molar refractivity (Wildman–Crippen MR) is 76.4 cm³/mol. The zero-order valence-corrected chi connectivity index (χ0v) is 11.7. The molecule has 2 aromatic rings. The van der Waals surface area contributed by atoms with Crippen molar-refractivity contribution >= 4 is 15.5 Å². The van der Waals surface area contributed by atoms with E-state index in [0.29, 0.717) is 5.56 Å². The molecular formula is C14H15FN2O2S. The summed E-state index contributed by atoms with van der Waals surface area (Å²) in [5, 5.41) is 0. The van der Waals surface area contributed by atoms with Crippen LogP contribution in [0.1, 0.15) is 5.56 Å². The molecule has 2 aromatic carbocycles. The van der Waals surface area contributed by atoms with E-state index in [-0.39, 0.29) is 11.4 Å². The molecule has 0 radical (unpaired) electrons. The van der Waals surface area contributed by atoms with E-state index in [2.05, 4.69) is 10.9 Å². The fourth-order valence-corrected chi connectivity index (χ4v) is 2.73. The number of hydrogen-bond donors (Lipinski definition) is 2. The summed E-state index contributed by atoms with van der Waals surface area (Å²) in [7, 11) is -3.38. The molecule has 0 saturated heterocycles. The summed E-state index contributed by atoms with van der Waals surface area (Å²) in [5.74, 6) is -0.464.